The molecule has 5 heteroatoms. The van der Waals surface area contributed by atoms with Gasteiger partial charge in [0.15, 0.2) is 0 Å². The fourth-order valence-corrected chi connectivity index (χ4v) is 9.44. The molecule has 5 nitrogen and oxygen atoms in total. The summed E-state index contributed by atoms with van der Waals surface area (Å²) in [6, 6.07) is 0. The molecule has 0 bridgehead atoms. The summed E-state index contributed by atoms with van der Waals surface area (Å²) in [4.78, 5) is 37.5. The molecular weight excluding hydrogens is 464 g/mol. The van der Waals surface area contributed by atoms with Gasteiger partial charge in [-0.1, -0.05) is 41.5 Å². The van der Waals surface area contributed by atoms with Gasteiger partial charge in [0.25, 0.3) is 0 Å². The highest BCUT2D eigenvalue weighted by Crippen LogP contribution is 2.68. The highest BCUT2D eigenvalue weighted by molar-refractivity contribution is 5.83. The number of ketones is 1. The minimum absolute atomic E-state index is 0.0340. The van der Waals surface area contributed by atoms with Crippen LogP contribution in [-0.2, 0) is 23.9 Å². The first-order valence-corrected chi connectivity index (χ1v) is 14.8. The van der Waals surface area contributed by atoms with E-state index in [1.165, 1.54) is 13.8 Å². The monoisotopic (exact) mass is 519 g/mol. The zero-order chi connectivity index (χ0) is 29.8. The Morgan fingerprint density at radius 3 is 2.35 bits per heavy atom. The molecule has 4 aliphatic rings. The van der Waals surface area contributed by atoms with Crippen molar-refractivity contribution in [3.8, 4) is 0 Å². The van der Waals surface area contributed by atoms with Crippen molar-refractivity contribution >= 4 is 17.7 Å². The van der Waals surface area contributed by atoms with Crippen molar-refractivity contribution < 1.29 is 28.0 Å². The van der Waals surface area contributed by atoms with Crippen LogP contribution in [0.2, 0.25) is 0 Å². The molecule has 0 radical (unpaired) electrons. The summed E-state index contributed by atoms with van der Waals surface area (Å²) in [7, 11) is 0. The first-order chi connectivity index (χ1) is 18.5. The molecule has 4 saturated carbocycles. The Morgan fingerprint density at radius 2 is 1.70 bits per heavy atom. The molecule has 0 N–H and O–H groups in total. The first kappa shape index (κ1) is 24.6. The van der Waals surface area contributed by atoms with Crippen molar-refractivity contribution in [3.63, 3.8) is 0 Å². The van der Waals surface area contributed by atoms with Crippen molar-refractivity contribution in [3.05, 3.63) is 0 Å². The van der Waals surface area contributed by atoms with E-state index in [1.807, 2.05) is 13.8 Å². The van der Waals surface area contributed by atoms with Gasteiger partial charge in [-0.3, -0.25) is 14.4 Å². The maximum atomic E-state index is 13.7. The van der Waals surface area contributed by atoms with E-state index in [9.17, 15) is 15.8 Å². The second-order valence-electron chi connectivity index (χ2n) is 13.7. The SMILES string of the molecule is [2H]C([2H])C(C)[C@H](C)C[C@]([2H])(OC(C)=O)[C@@H](C)[C@H]1CC[C@H]2[C@@H]3CC(=O)[C@H]4C[C@@H](OC(C)=O)CC[C@]4(C)[C@H]3CC[C@]12C. The summed E-state index contributed by atoms with van der Waals surface area (Å²) in [5, 5.41) is 0. The zero-order valence-corrected chi connectivity index (χ0v) is 24.2. The van der Waals surface area contributed by atoms with E-state index in [4.69, 9.17) is 12.2 Å². The second-order valence-corrected chi connectivity index (χ2v) is 13.7. The van der Waals surface area contributed by atoms with Gasteiger partial charge in [-0.05, 0) is 104 Å². The van der Waals surface area contributed by atoms with E-state index < -0.39 is 18.9 Å². The van der Waals surface area contributed by atoms with E-state index in [2.05, 4.69) is 20.8 Å². The highest BCUT2D eigenvalue weighted by atomic mass is 16.5. The van der Waals surface area contributed by atoms with Crippen LogP contribution in [0.5, 0.6) is 0 Å². The van der Waals surface area contributed by atoms with Gasteiger partial charge in [0, 0.05) is 28.9 Å². The first-order valence-electron chi connectivity index (χ1n) is 16.4. The van der Waals surface area contributed by atoms with Crippen LogP contribution < -0.4 is 0 Å². The second kappa shape index (κ2) is 10.6. The van der Waals surface area contributed by atoms with Gasteiger partial charge in [-0.2, -0.15) is 0 Å². The summed E-state index contributed by atoms with van der Waals surface area (Å²) >= 11 is 0. The third-order valence-corrected chi connectivity index (χ3v) is 11.6. The highest BCUT2D eigenvalue weighted by Gasteiger charge is 2.63. The Bertz CT molecular complexity index is 988. The topological polar surface area (TPSA) is 69.7 Å². The van der Waals surface area contributed by atoms with Crippen molar-refractivity contribution in [1.29, 1.82) is 0 Å². The van der Waals surface area contributed by atoms with Crippen LogP contribution in [0.15, 0.2) is 0 Å². The van der Waals surface area contributed by atoms with Crippen LogP contribution in [0.4, 0.5) is 0 Å². The molecular formula is C32H52O5. The van der Waals surface area contributed by atoms with Crippen molar-refractivity contribution in [2.45, 2.75) is 125 Å². The lowest BCUT2D eigenvalue weighted by Gasteiger charge is -2.60. The lowest BCUT2D eigenvalue weighted by molar-refractivity contribution is -0.170. The lowest BCUT2D eigenvalue weighted by Crippen LogP contribution is -2.57. The Morgan fingerprint density at radius 1 is 1.03 bits per heavy atom. The molecule has 0 heterocycles. The molecule has 0 spiro atoms. The smallest absolute Gasteiger partial charge is 0.302 e. The lowest BCUT2D eigenvalue weighted by atomic mass is 9.44. The standard InChI is InChI=1S/C32H52O5/c1-18(2)19(3)15-30(37-22(6)34)20(4)25-9-10-26-24-17-29(35)28-16-23(36-21(5)33)11-13-32(28,8)27(24)12-14-31(25,26)7/h18-20,23-28,30H,9-17H2,1-8H3/t19-,20+,23+,24+,25-,26+,27+,28-,30+,31-,32-/m1/s1/i1D2,30D/t18?,19-,20+,23+,24+,25-,26+,27+,28-,30+,31-,32-. The molecule has 0 aromatic rings. The number of esters is 2. The normalized spacial score (nSPS) is 44.5. The number of Topliss-reactive ketones (excluding diaryl/α,β-unsaturated/α-hetero) is 1. The molecule has 4 aliphatic carbocycles. The van der Waals surface area contributed by atoms with E-state index in [-0.39, 0.29) is 52.5 Å². The van der Waals surface area contributed by atoms with Crippen molar-refractivity contribution in [2.75, 3.05) is 0 Å². The third kappa shape index (κ3) is 5.26. The van der Waals surface area contributed by atoms with Gasteiger partial charge < -0.3 is 9.47 Å². The largest absolute Gasteiger partial charge is 0.463 e. The van der Waals surface area contributed by atoms with Gasteiger partial charge in [-0.15, -0.1) is 0 Å². The molecule has 12 atom stereocenters. The van der Waals surface area contributed by atoms with Crippen molar-refractivity contribution in [1.82, 2.24) is 0 Å². The van der Waals surface area contributed by atoms with Crippen LogP contribution in [0, 0.1) is 58.2 Å². The number of hydrogen-bond acceptors (Lipinski definition) is 5. The maximum Gasteiger partial charge on any atom is 0.302 e. The maximum absolute atomic E-state index is 13.7. The van der Waals surface area contributed by atoms with Gasteiger partial charge >= 0.3 is 11.9 Å². The molecule has 0 aromatic carbocycles. The molecule has 4 fully saturated rings. The number of ether oxygens (including phenoxy) is 2. The van der Waals surface area contributed by atoms with E-state index in [0.717, 1.165) is 38.5 Å². The fourth-order valence-electron chi connectivity index (χ4n) is 9.44. The Balaban J connectivity index is 1.56. The predicted octanol–water partition coefficient (Wildman–Crippen LogP) is 7.01. The number of carbonyl (C=O) groups excluding carboxylic acids is 3. The quantitative estimate of drug-likeness (QED) is 0.339. The summed E-state index contributed by atoms with van der Waals surface area (Å²) in [5.74, 6) is 0.430. The van der Waals surface area contributed by atoms with Crippen LogP contribution in [0.1, 0.15) is 117 Å². The van der Waals surface area contributed by atoms with E-state index in [0.29, 0.717) is 42.8 Å². The Kier molecular flexibility index (Phi) is 7.09. The molecule has 1 unspecified atom stereocenters. The predicted molar refractivity (Wildman–Crippen MR) is 144 cm³/mol. The number of carbonyl (C=O) groups is 3. The molecule has 0 aromatic heterocycles. The fraction of sp³-hybridized carbons (Fsp3) is 0.906. The van der Waals surface area contributed by atoms with Gasteiger partial charge in [0.05, 0.1) is 1.37 Å². The van der Waals surface area contributed by atoms with E-state index in [1.54, 1.807) is 0 Å². The molecule has 37 heavy (non-hydrogen) atoms. The van der Waals surface area contributed by atoms with Crippen LogP contribution in [0.3, 0.4) is 0 Å². The molecule has 4 rings (SSSR count). The summed E-state index contributed by atoms with van der Waals surface area (Å²) in [5.41, 5.74) is -0.0963. The van der Waals surface area contributed by atoms with Crippen molar-refractivity contribution in [2.24, 2.45) is 58.2 Å². The summed E-state index contributed by atoms with van der Waals surface area (Å²) < 4.78 is 36.5. The number of hydrogen-bond donors (Lipinski definition) is 0. The number of fused-ring (bicyclic) bond motifs is 5. The molecule has 0 amide bonds. The minimum atomic E-state index is -1.41. The summed E-state index contributed by atoms with van der Waals surface area (Å²) in [6.45, 7) is 12.4. The van der Waals surface area contributed by atoms with Crippen LogP contribution in [0.25, 0.3) is 0 Å². The third-order valence-electron chi connectivity index (χ3n) is 11.6. The Labute approximate surface area is 229 Å². The van der Waals surface area contributed by atoms with E-state index >= 15 is 0 Å². The molecule has 210 valence electrons. The molecule has 0 aliphatic heterocycles. The number of rotatable bonds is 7. The van der Waals surface area contributed by atoms with Crippen LogP contribution >= 0.6 is 0 Å². The Hall–Kier alpha value is -1.39. The summed E-state index contributed by atoms with van der Waals surface area (Å²) in [6.07, 6.45) is 5.82. The average Bonchev–Trinajstić information content (AvgIpc) is 3.20. The van der Waals surface area contributed by atoms with Gasteiger partial charge in [-0.25, -0.2) is 0 Å². The average molecular weight is 520 g/mol. The minimum Gasteiger partial charge on any atom is -0.463 e. The van der Waals surface area contributed by atoms with Gasteiger partial charge in [0.2, 0.25) is 0 Å². The van der Waals surface area contributed by atoms with Crippen LogP contribution in [-0.4, -0.2) is 29.9 Å². The zero-order valence-electron chi connectivity index (χ0n) is 27.2. The molecule has 0 saturated heterocycles. The van der Waals surface area contributed by atoms with Gasteiger partial charge in [0.1, 0.15) is 18.0 Å².